The fraction of sp³-hybridized carbons (Fsp3) is 0.393. The van der Waals surface area contributed by atoms with Gasteiger partial charge in [0.15, 0.2) is 5.96 Å². The molecule has 0 heterocycles. The molecule has 0 spiro atoms. The number of phenols is 1. The van der Waals surface area contributed by atoms with Gasteiger partial charge in [-0.15, -0.1) is 0 Å². The number of nitrogens with zero attached hydrogens (tertiary/aromatic N) is 1. The molecule has 0 aromatic heterocycles. The molecule has 13 nitrogen and oxygen atoms in total. The van der Waals surface area contributed by atoms with Gasteiger partial charge in [-0.25, -0.2) is 4.79 Å². The van der Waals surface area contributed by atoms with Crippen LogP contribution in [0.5, 0.6) is 5.75 Å². The predicted octanol–water partition coefficient (Wildman–Crippen LogP) is -0.794. The van der Waals surface area contributed by atoms with E-state index in [-0.39, 0.29) is 24.6 Å². The Morgan fingerprint density at radius 3 is 2.05 bits per heavy atom. The summed E-state index contributed by atoms with van der Waals surface area (Å²) in [5, 5.41) is 17.4. The van der Waals surface area contributed by atoms with Crippen LogP contribution in [0.1, 0.15) is 30.9 Å². The first-order valence-corrected chi connectivity index (χ1v) is 13.1. The summed E-state index contributed by atoms with van der Waals surface area (Å²) in [5.41, 5.74) is 17.9. The molecule has 0 aliphatic heterocycles. The highest BCUT2D eigenvalue weighted by Crippen LogP contribution is 2.12. The van der Waals surface area contributed by atoms with Gasteiger partial charge in [0.25, 0.3) is 0 Å². The highest BCUT2D eigenvalue weighted by atomic mass is 16.5. The molecule has 41 heavy (non-hydrogen) atoms. The van der Waals surface area contributed by atoms with Crippen molar-refractivity contribution in [2.45, 2.75) is 56.8 Å². The minimum Gasteiger partial charge on any atom is -0.508 e. The van der Waals surface area contributed by atoms with Crippen molar-refractivity contribution in [2.24, 2.45) is 22.2 Å². The number of methoxy groups -OCH3 is 1. The molecule has 0 saturated carbocycles. The molecule has 10 N–H and O–H groups in total. The monoisotopic (exact) mass is 569 g/mol. The van der Waals surface area contributed by atoms with Crippen molar-refractivity contribution >= 4 is 29.7 Å². The summed E-state index contributed by atoms with van der Waals surface area (Å²) in [5.74, 6) is -2.44. The average molecular weight is 570 g/mol. The number of carbonyl (C=O) groups is 4. The first kappa shape index (κ1) is 32.6. The molecule has 0 fully saturated rings. The van der Waals surface area contributed by atoms with Gasteiger partial charge in [-0.1, -0.05) is 42.5 Å². The Kier molecular flexibility index (Phi) is 13.1. The first-order valence-electron chi connectivity index (χ1n) is 13.1. The zero-order chi connectivity index (χ0) is 30.4. The van der Waals surface area contributed by atoms with E-state index in [1.807, 2.05) is 6.07 Å². The minimum atomic E-state index is -1.08. The van der Waals surface area contributed by atoms with E-state index in [4.69, 9.17) is 21.9 Å². The smallest absolute Gasteiger partial charge is 0.328 e. The Bertz CT molecular complexity index is 1190. The van der Waals surface area contributed by atoms with Crippen LogP contribution in [0.15, 0.2) is 59.6 Å². The van der Waals surface area contributed by atoms with Crippen molar-refractivity contribution in [3.05, 3.63) is 65.7 Å². The normalized spacial score (nSPS) is 13.5. The molecular formula is C28H39N7O6. The van der Waals surface area contributed by atoms with E-state index >= 15 is 0 Å². The number of aliphatic imine (C=N–C) groups is 1. The van der Waals surface area contributed by atoms with Crippen LogP contribution in [0.2, 0.25) is 0 Å². The molecule has 0 unspecified atom stereocenters. The number of benzene rings is 2. The maximum atomic E-state index is 13.4. The van der Waals surface area contributed by atoms with E-state index in [2.05, 4.69) is 20.9 Å². The summed E-state index contributed by atoms with van der Waals surface area (Å²) in [6.07, 6.45) is 0.985. The van der Waals surface area contributed by atoms with Crippen molar-refractivity contribution in [3.8, 4) is 5.75 Å². The summed E-state index contributed by atoms with van der Waals surface area (Å²) < 4.78 is 4.87. The van der Waals surface area contributed by atoms with Gasteiger partial charge in [-0.3, -0.25) is 19.4 Å². The third kappa shape index (κ3) is 11.5. The molecule has 0 radical (unpaired) electrons. The molecule has 2 rings (SSSR count). The van der Waals surface area contributed by atoms with E-state index in [1.54, 1.807) is 36.4 Å². The molecule has 0 saturated heterocycles. The Balaban J connectivity index is 2.10. The largest absolute Gasteiger partial charge is 0.508 e. The van der Waals surface area contributed by atoms with E-state index in [9.17, 15) is 24.3 Å². The molecule has 0 bridgehead atoms. The van der Waals surface area contributed by atoms with Gasteiger partial charge in [-0.05, 0) is 43.0 Å². The maximum Gasteiger partial charge on any atom is 0.328 e. The molecule has 2 aromatic rings. The lowest BCUT2D eigenvalue weighted by molar-refractivity contribution is -0.145. The number of aromatic hydroxyl groups is 1. The number of nitrogens with one attached hydrogen (secondary N) is 3. The van der Waals surface area contributed by atoms with Gasteiger partial charge in [0, 0.05) is 19.4 Å². The van der Waals surface area contributed by atoms with Gasteiger partial charge in [0.1, 0.15) is 23.9 Å². The molecule has 4 atom stereocenters. The van der Waals surface area contributed by atoms with Crippen LogP contribution in [-0.4, -0.2) is 72.6 Å². The SMILES string of the molecule is COC(=O)[C@H](Cc1ccc(O)cc1)NC(=O)[C@H](Cc1ccccc1)NC(=O)[C@@H](C)NC(=O)[C@@H](N)CCCN=C(N)N. The van der Waals surface area contributed by atoms with Crippen LogP contribution < -0.4 is 33.2 Å². The first-order chi connectivity index (χ1) is 19.5. The molecule has 13 heteroatoms. The van der Waals surface area contributed by atoms with E-state index in [0.29, 0.717) is 24.9 Å². The lowest BCUT2D eigenvalue weighted by Gasteiger charge is -2.24. The summed E-state index contributed by atoms with van der Waals surface area (Å²) in [6.45, 7) is 1.79. The number of phenolic OH excluding ortho intramolecular Hbond substituents is 1. The van der Waals surface area contributed by atoms with Crippen molar-refractivity contribution in [3.63, 3.8) is 0 Å². The second-order valence-corrected chi connectivity index (χ2v) is 9.49. The van der Waals surface area contributed by atoms with Crippen LogP contribution in [-0.2, 0) is 36.8 Å². The van der Waals surface area contributed by atoms with Crippen molar-refractivity contribution in [1.82, 2.24) is 16.0 Å². The number of hydrogen-bond acceptors (Lipinski definition) is 8. The highest BCUT2D eigenvalue weighted by molar-refractivity contribution is 5.94. The Morgan fingerprint density at radius 2 is 1.44 bits per heavy atom. The van der Waals surface area contributed by atoms with Crippen LogP contribution in [0, 0.1) is 0 Å². The van der Waals surface area contributed by atoms with Crippen molar-refractivity contribution < 1.29 is 29.0 Å². The molecule has 3 amide bonds. The number of carbonyl (C=O) groups excluding carboxylic acids is 4. The van der Waals surface area contributed by atoms with E-state index in [1.165, 1.54) is 26.2 Å². The Morgan fingerprint density at radius 1 is 0.854 bits per heavy atom. The average Bonchev–Trinajstić information content (AvgIpc) is 2.95. The highest BCUT2D eigenvalue weighted by Gasteiger charge is 2.29. The number of ether oxygens (including phenoxy) is 1. The zero-order valence-corrected chi connectivity index (χ0v) is 23.2. The second kappa shape index (κ2) is 16.5. The van der Waals surface area contributed by atoms with Crippen LogP contribution in [0.4, 0.5) is 0 Å². The minimum absolute atomic E-state index is 0.0549. The third-order valence-electron chi connectivity index (χ3n) is 6.15. The lowest BCUT2D eigenvalue weighted by atomic mass is 10.0. The van der Waals surface area contributed by atoms with E-state index in [0.717, 1.165) is 5.56 Å². The number of amides is 3. The quantitative estimate of drug-likeness (QED) is 0.0616. The molecule has 0 aliphatic rings. The van der Waals surface area contributed by atoms with Gasteiger partial charge < -0.3 is 43.0 Å². The van der Waals surface area contributed by atoms with Crippen LogP contribution in [0.25, 0.3) is 0 Å². The molecule has 0 aliphatic carbocycles. The molecule has 222 valence electrons. The third-order valence-corrected chi connectivity index (χ3v) is 6.15. The van der Waals surface area contributed by atoms with Gasteiger partial charge >= 0.3 is 5.97 Å². The van der Waals surface area contributed by atoms with E-state index < -0.39 is 47.9 Å². The fourth-order valence-corrected chi connectivity index (χ4v) is 3.87. The summed E-state index contributed by atoms with van der Waals surface area (Å²) in [6, 6.07) is 11.2. The summed E-state index contributed by atoms with van der Waals surface area (Å²) in [4.78, 5) is 55.3. The van der Waals surface area contributed by atoms with Crippen LogP contribution >= 0.6 is 0 Å². The second-order valence-electron chi connectivity index (χ2n) is 9.49. The maximum absolute atomic E-state index is 13.4. The molecular weight excluding hydrogens is 530 g/mol. The number of rotatable bonds is 15. The topological polar surface area (TPSA) is 224 Å². The number of guanidine groups is 1. The predicted molar refractivity (Wildman–Crippen MR) is 153 cm³/mol. The number of nitrogens with two attached hydrogens (primary N) is 3. The van der Waals surface area contributed by atoms with Gasteiger partial charge in [0.05, 0.1) is 13.2 Å². The number of esters is 1. The van der Waals surface area contributed by atoms with Gasteiger partial charge in [-0.2, -0.15) is 0 Å². The summed E-state index contributed by atoms with van der Waals surface area (Å²) in [7, 11) is 1.21. The van der Waals surface area contributed by atoms with Crippen molar-refractivity contribution in [2.75, 3.05) is 13.7 Å². The van der Waals surface area contributed by atoms with Crippen molar-refractivity contribution in [1.29, 1.82) is 0 Å². The van der Waals surface area contributed by atoms with Gasteiger partial charge in [0.2, 0.25) is 17.7 Å². The van der Waals surface area contributed by atoms with Crippen LogP contribution in [0.3, 0.4) is 0 Å². The zero-order valence-electron chi connectivity index (χ0n) is 23.2. The summed E-state index contributed by atoms with van der Waals surface area (Å²) >= 11 is 0. The Hall–Kier alpha value is -4.65. The standard InChI is InChI=1S/C28H39N7O6/c1-17(33-25(38)21(29)9-6-14-32-28(30)31)24(37)34-22(15-18-7-4-3-5-8-18)26(39)35-23(27(40)41-2)16-19-10-12-20(36)13-11-19/h3-5,7-8,10-13,17,21-23,36H,6,9,14-16,29H2,1-2H3,(H,33,38)(H,34,37)(H,35,39)(H4,30,31,32)/t17-,21+,22+,23+/m1/s1. The number of hydrogen-bond donors (Lipinski definition) is 7. The Labute approximate surface area is 238 Å². The molecule has 2 aromatic carbocycles. The lowest BCUT2D eigenvalue weighted by Crippen LogP contribution is -2.57. The fourth-order valence-electron chi connectivity index (χ4n) is 3.87.